The highest BCUT2D eigenvalue weighted by atomic mass is 32.1. The van der Waals surface area contributed by atoms with E-state index in [9.17, 15) is 9.18 Å². The van der Waals surface area contributed by atoms with Gasteiger partial charge in [-0.1, -0.05) is 25.1 Å². The topological polar surface area (TPSA) is 17.1 Å². The number of benzene rings is 1. The predicted molar refractivity (Wildman–Crippen MR) is 69.0 cm³/mol. The molecule has 2 aromatic rings. The van der Waals surface area contributed by atoms with Crippen molar-refractivity contribution < 1.29 is 9.18 Å². The Hall–Kier alpha value is -1.48. The molecule has 17 heavy (non-hydrogen) atoms. The lowest BCUT2D eigenvalue weighted by molar-refractivity contribution is 0.0985. The van der Waals surface area contributed by atoms with E-state index in [2.05, 4.69) is 0 Å². The second-order valence-corrected chi connectivity index (χ2v) is 4.90. The first-order valence-electron chi connectivity index (χ1n) is 5.60. The van der Waals surface area contributed by atoms with E-state index >= 15 is 0 Å². The maximum atomic E-state index is 13.6. The van der Waals surface area contributed by atoms with Gasteiger partial charge in [-0.05, 0) is 24.6 Å². The van der Waals surface area contributed by atoms with E-state index < -0.39 is 0 Å². The third-order valence-electron chi connectivity index (χ3n) is 2.50. The fourth-order valence-electron chi connectivity index (χ4n) is 1.64. The van der Waals surface area contributed by atoms with Gasteiger partial charge in [0.1, 0.15) is 5.82 Å². The molecule has 0 aliphatic carbocycles. The van der Waals surface area contributed by atoms with Gasteiger partial charge in [-0.25, -0.2) is 4.39 Å². The van der Waals surface area contributed by atoms with E-state index in [4.69, 9.17) is 0 Å². The molecule has 1 aromatic carbocycles. The van der Waals surface area contributed by atoms with Gasteiger partial charge < -0.3 is 0 Å². The summed E-state index contributed by atoms with van der Waals surface area (Å²) < 4.78 is 13.6. The molecule has 0 fully saturated rings. The molecule has 3 heteroatoms. The Morgan fingerprint density at radius 2 is 2.00 bits per heavy atom. The van der Waals surface area contributed by atoms with Crippen molar-refractivity contribution in [2.75, 3.05) is 0 Å². The summed E-state index contributed by atoms with van der Waals surface area (Å²) in [5.74, 6) is -0.107. The first-order chi connectivity index (χ1) is 8.22. The SMILES string of the molecule is CCCC(=O)c1ccc(-c2ccccc2F)s1. The van der Waals surface area contributed by atoms with E-state index in [1.54, 1.807) is 24.3 Å². The summed E-state index contributed by atoms with van der Waals surface area (Å²) in [5.41, 5.74) is 0.563. The van der Waals surface area contributed by atoms with Gasteiger partial charge in [-0.3, -0.25) is 4.79 Å². The third kappa shape index (κ3) is 2.61. The van der Waals surface area contributed by atoms with Gasteiger partial charge in [-0.2, -0.15) is 0 Å². The summed E-state index contributed by atoms with van der Waals surface area (Å²) in [6, 6.07) is 10.2. The highest BCUT2D eigenvalue weighted by molar-refractivity contribution is 7.17. The smallest absolute Gasteiger partial charge is 0.172 e. The first kappa shape index (κ1) is 12.0. The number of hydrogen-bond acceptors (Lipinski definition) is 2. The molecule has 0 unspecified atom stereocenters. The van der Waals surface area contributed by atoms with Gasteiger partial charge in [-0.15, -0.1) is 11.3 Å². The Morgan fingerprint density at radius 3 is 2.71 bits per heavy atom. The lowest BCUT2D eigenvalue weighted by Gasteiger charge is -1.98. The van der Waals surface area contributed by atoms with E-state index in [-0.39, 0.29) is 11.6 Å². The lowest BCUT2D eigenvalue weighted by atomic mass is 10.1. The van der Waals surface area contributed by atoms with Crippen LogP contribution in [0.1, 0.15) is 29.4 Å². The summed E-state index contributed by atoms with van der Waals surface area (Å²) in [6.07, 6.45) is 1.39. The van der Waals surface area contributed by atoms with Crippen molar-refractivity contribution in [1.29, 1.82) is 0 Å². The van der Waals surface area contributed by atoms with Crippen LogP contribution in [0.3, 0.4) is 0 Å². The molecule has 0 N–H and O–H groups in total. The molecule has 1 nitrogen and oxygen atoms in total. The van der Waals surface area contributed by atoms with Gasteiger partial charge in [0.25, 0.3) is 0 Å². The van der Waals surface area contributed by atoms with Crippen LogP contribution < -0.4 is 0 Å². The molecule has 0 bridgehead atoms. The number of ketones is 1. The maximum absolute atomic E-state index is 13.6. The minimum atomic E-state index is -0.246. The minimum Gasteiger partial charge on any atom is -0.293 e. The van der Waals surface area contributed by atoms with Crippen LogP contribution in [0.15, 0.2) is 36.4 Å². The molecule has 0 atom stereocenters. The van der Waals surface area contributed by atoms with Gasteiger partial charge in [0.05, 0.1) is 4.88 Å². The van der Waals surface area contributed by atoms with Crippen molar-refractivity contribution in [2.45, 2.75) is 19.8 Å². The number of Topliss-reactive ketones (excluding diaryl/α,β-unsaturated/α-hetero) is 1. The van der Waals surface area contributed by atoms with Crippen LogP contribution in [0, 0.1) is 5.82 Å². The van der Waals surface area contributed by atoms with Gasteiger partial charge in [0.2, 0.25) is 0 Å². The fourth-order valence-corrected chi connectivity index (χ4v) is 2.64. The number of hydrogen-bond donors (Lipinski definition) is 0. The van der Waals surface area contributed by atoms with Crippen LogP contribution in [0.4, 0.5) is 4.39 Å². The quantitative estimate of drug-likeness (QED) is 0.726. The molecule has 0 saturated heterocycles. The van der Waals surface area contributed by atoms with E-state index in [1.165, 1.54) is 17.4 Å². The fraction of sp³-hybridized carbons (Fsp3) is 0.214. The summed E-state index contributed by atoms with van der Waals surface area (Å²) in [7, 11) is 0. The monoisotopic (exact) mass is 248 g/mol. The second kappa shape index (κ2) is 5.23. The Balaban J connectivity index is 2.30. The van der Waals surface area contributed by atoms with Gasteiger partial charge in [0, 0.05) is 16.9 Å². The average Bonchev–Trinajstić information content (AvgIpc) is 2.79. The van der Waals surface area contributed by atoms with E-state index in [0.29, 0.717) is 16.9 Å². The zero-order valence-electron chi connectivity index (χ0n) is 9.57. The van der Waals surface area contributed by atoms with Crippen molar-refractivity contribution in [3.8, 4) is 10.4 Å². The number of halogens is 1. The molecular formula is C14H13FOS. The van der Waals surface area contributed by atoms with Crippen LogP contribution in [0.25, 0.3) is 10.4 Å². The van der Waals surface area contributed by atoms with Crippen molar-refractivity contribution in [3.05, 3.63) is 47.1 Å². The molecule has 0 radical (unpaired) electrons. The average molecular weight is 248 g/mol. The van der Waals surface area contributed by atoms with Crippen molar-refractivity contribution in [1.82, 2.24) is 0 Å². The molecule has 0 aliphatic rings. The summed E-state index contributed by atoms with van der Waals surface area (Å²) in [6.45, 7) is 1.98. The number of thiophene rings is 1. The van der Waals surface area contributed by atoms with Crippen molar-refractivity contribution >= 4 is 17.1 Å². The van der Waals surface area contributed by atoms with Crippen molar-refractivity contribution in [3.63, 3.8) is 0 Å². The summed E-state index contributed by atoms with van der Waals surface area (Å²) in [5, 5.41) is 0. The summed E-state index contributed by atoms with van der Waals surface area (Å²) >= 11 is 1.36. The summed E-state index contributed by atoms with van der Waals surface area (Å²) in [4.78, 5) is 13.2. The maximum Gasteiger partial charge on any atom is 0.172 e. The Labute approximate surface area is 104 Å². The standard InChI is InChI=1S/C14H13FOS/c1-2-5-12(16)14-9-8-13(17-14)10-6-3-4-7-11(10)15/h3-4,6-9H,2,5H2,1H3. The first-order valence-corrected chi connectivity index (χ1v) is 6.42. The van der Waals surface area contributed by atoms with Crippen LogP contribution in [-0.4, -0.2) is 5.78 Å². The molecule has 0 spiro atoms. The highest BCUT2D eigenvalue weighted by Gasteiger charge is 2.11. The molecule has 88 valence electrons. The second-order valence-electron chi connectivity index (χ2n) is 3.82. The Bertz CT molecular complexity index is 531. The third-order valence-corrected chi connectivity index (χ3v) is 3.66. The molecule has 1 aromatic heterocycles. The number of carbonyl (C=O) groups is 1. The van der Waals surface area contributed by atoms with Crippen LogP contribution >= 0.6 is 11.3 Å². The zero-order chi connectivity index (χ0) is 12.3. The van der Waals surface area contributed by atoms with Crippen LogP contribution in [0.2, 0.25) is 0 Å². The predicted octanol–water partition coefficient (Wildman–Crippen LogP) is 4.54. The molecule has 0 saturated carbocycles. The number of rotatable bonds is 4. The molecule has 0 amide bonds. The van der Waals surface area contributed by atoms with E-state index in [0.717, 1.165) is 11.3 Å². The highest BCUT2D eigenvalue weighted by Crippen LogP contribution is 2.30. The Morgan fingerprint density at radius 1 is 1.24 bits per heavy atom. The lowest BCUT2D eigenvalue weighted by Crippen LogP contribution is -1.93. The van der Waals surface area contributed by atoms with Crippen LogP contribution in [0.5, 0.6) is 0 Å². The normalized spacial score (nSPS) is 10.5. The van der Waals surface area contributed by atoms with Crippen LogP contribution in [-0.2, 0) is 0 Å². The minimum absolute atomic E-state index is 0.139. The van der Waals surface area contributed by atoms with Gasteiger partial charge >= 0.3 is 0 Å². The molecule has 1 heterocycles. The van der Waals surface area contributed by atoms with Crippen molar-refractivity contribution in [2.24, 2.45) is 0 Å². The number of carbonyl (C=O) groups excluding carboxylic acids is 1. The zero-order valence-corrected chi connectivity index (χ0v) is 10.4. The Kier molecular flexibility index (Phi) is 3.69. The van der Waals surface area contributed by atoms with Gasteiger partial charge in [0.15, 0.2) is 5.78 Å². The molecule has 0 aliphatic heterocycles. The molecule has 2 rings (SSSR count). The van der Waals surface area contributed by atoms with E-state index in [1.807, 2.05) is 13.0 Å². The molecular weight excluding hydrogens is 235 g/mol. The largest absolute Gasteiger partial charge is 0.293 e.